The van der Waals surface area contributed by atoms with Gasteiger partial charge in [-0.2, -0.15) is 0 Å². The van der Waals surface area contributed by atoms with E-state index >= 15 is 0 Å². The van der Waals surface area contributed by atoms with Crippen LogP contribution in [0.5, 0.6) is 0 Å². The topological polar surface area (TPSA) is 83.1 Å². The van der Waals surface area contributed by atoms with Gasteiger partial charge in [0.1, 0.15) is 0 Å². The highest BCUT2D eigenvalue weighted by atomic mass is 35.5. The number of hydrogen-bond donors (Lipinski definition) is 2. The van der Waals surface area contributed by atoms with Gasteiger partial charge in [-0.05, 0) is 24.3 Å². The fourth-order valence-corrected chi connectivity index (χ4v) is 2.34. The number of H-pyrrole nitrogens is 1. The van der Waals surface area contributed by atoms with Gasteiger partial charge in [0.2, 0.25) is 5.78 Å². The molecule has 1 aromatic carbocycles. The van der Waals surface area contributed by atoms with Crippen molar-refractivity contribution in [1.29, 1.82) is 0 Å². The molecule has 0 saturated carbocycles. The Bertz CT molecular complexity index is 870. The SMILES string of the molecule is O=C(c1cc2nccc(C(=O)O)c2[nH]1)c1ccccc1Cl. The van der Waals surface area contributed by atoms with Crippen molar-refractivity contribution in [2.75, 3.05) is 0 Å². The number of hydrogen-bond acceptors (Lipinski definition) is 3. The Morgan fingerprint density at radius 2 is 1.90 bits per heavy atom. The number of carboxylic acid groups (broad SMARTS) is 1. The highest BCUT2D eigenvalue weighted by molar-refractivity contribution is 6.35. The quantitative estimate of drug-likeness (QED) is 0.728. The first-order chi connectivity index (χ1) is 10.1. The van der Waals surface area contributed by atoms with Crippen LogP contribution in [0.3, 0.4) is 0 Å². The molecule has 2 N–H and O–H groups in total. The van der Waals surface area contributed by atoms with Crippen molar-refractivity contribution in [3.05, 3.63) is 64.4 Å². The van der Waals surface area contributed by atoms with E-state index in [9.17, 15) is 9.59 Å². The van der Waals surface area contributed by atoms with Crippen LogP contribution in [0.25, 0.3) is 11.0 Å². The number of halogens is 1. The van der Waals surface area contributed by atoms with E-state index in [1.807, 2.05) is 0 Å². The summed E-state index contributed by atoms with van der Waals surface area (Å²) in [6, 6.07) is 9.58. The number of carboxylic acids is 1. The number of aromatic nitrogens is 2. The molecule has 0 bridgehead atoms. The van der Waals surface area contributed by atoms with Gasteiger partial charge in [-0.1, -0.05) is 23.7 Å². The molecule has 104 valence electrons. The standard InChI is InChI=1S/C15H9ClN2O3/c16-10-4-2-1-3-8(10)14(19)12-7-11-13(18-12)9(15(20)21)5-6-17-11/h1-7,18H,(H,20,21). The van der Waals surface area contributed by atoms with Crippen LogP contribution in [0.4, 0.5) is 0 Å². The highest BCUT2D eigenvalue weighted by Gasteiger charge is 2.18. The van der Waals surface area contributed by atoms with Crippen molar-refractivity contribution < 1.29 is 14.7 Å². The van der Waals surface area contributed by atoms with E-state index < -0.39 is 5.97 Å². The van der Waals surface area contributed by atoms with Crippen LogP contribution in [0.1, 0.15) is 26.4 Å². The van der Waals surface area contributed by atoms with Crippen molar-refractivity contribution in [2.45, 2.75) is 0 Å². The molecule has 0 unspecified atom stereocenters. The maximum atomic E-state index is 12.4. The van der Waals surface area contributed by atoms with Crippen LogP contribution in [-0.2, 0) is 0 Å². The van der Waals surface area contributed by atoms with Crippen LogP contribution < -0.4 is 0 Å². The Morgan fingerprint density at radius 1 is 1.14 bits per heavy atom. The average molecular weight is 301 g/mol. The molecule has 0 aliphatic heterocycles. The zero-order valence-corrected chi connectivity index (χ0v) is 11.4. The first-order valence-corrected chi connectivity index (χ1v) is 6.46. The van der Waals surface area contributed by atoms with Crippen LogP contribution >= 0.6 is 11.6 Å². The predicted octanol–water partition coefficient (Wildman–Crippen LogP) is 3.15. The Morgan fingerprint density at radius 3 is 2.62 bits per heavy atom. The molecule has 2 heterocycles. The Hall–Kier alpha value is -2.66. The van der Waals surface area contributed by atoms with Gasteiger partial charge in [0, 0.05) is 11.8 Å². The number of ketones is 1. The lowest BCUT2D eigenvalue weighted by Crippen LogP contribution is -2.02. The van der Waals surface area contributed by atoms with Crippen molar-refractivity contribution in [3.8, 4) is 0 Å². The van der Waals surface area contributed by atoms with E-state index in [1.165, 1.54) is 18.3 Å². The lowest BCUT2D eigenvalue weighted by Gasteiger charge is -2.00. The van der Waals surface area contributed by atoms with E-state index in [0.29, 0.717) is 21.6 Å². The zero-order valence-electron chi connectivity index (χ0n) is 10.6. The largest absolute Gasteiger partial charge is 0.478 e. The van der Waals surface area contributed by atoms with Crippen molar-refractivity contribution in [1.82, 2.24) is 9.97 Å². The number of fused-ring (bicyclic) bond motifs is 1. The summed E-state index contributed by atoms with van der Waals surface area (Å²) < 4.78 is 0. The number of aromatic carboxylic acids is 1. The number of pyridine rings is 1. The summed E-state index contributed by atoms with van der Waals surface area (Å²) in [5, 5.41) is 9.48. The molecule has 0 amide bonds. The van der Waals surface area contributed by atoms with Crippen molar-refractivity contribution >= 4 is 34.4 Å². The monoisotopic (exact) mass is 300 g/mol. The molecule has 21 heavy (non-hydrogen) atoms. The summed E-state index contributed by atoms with van der Waals surface area (Å²) >= 11 is 6.00. The normalized spacial score (nSPS) is 10.7. The molecule has 0 radical (unpaired) electrons. The second-order valence-electron chi connectivity index (χ2n) is 4.42. The Labute approximate surface area is 124 Å². The smallest absolute Gasteiger partial charge is 0.337 e. The number of carbonyl (C=O) groups is 2. The fraction of sp³-hybridized carbons (Fsp3) is 0. The van der Waals surface area contributed by atoms with E-state index in [0.717, 1.165) is 0 Å². The predicted molar refractivity (Wildman–Crippen MR) is 77.9 cm³/mol. The zero-order chi connectivity index (χ0) is 15.0. The minimum atomic E-state index is -1.08. The molecular weight excluding hydrogens is 292 g/mol. The van der Waals surface area contributed by atoms with Gasteiger partial charge in [0.15, 0.2) is 0 Å². The van der Waals surface area contributed by atoms with Crippen LogP contribution in [0.15, 0.2) is 42.6 Å². The van der Waals surface area contributed by atoms with Gasteiger partial charge in [-0.25, -0.2) is 4.79 Å². The number of benzene rings is 1. The van der Waals surface area contributed by atoms with Gasteiger partial charge in [-0.3, -0.25) is 9.78 Å². The second-order valence-corrected chi connectivity index (χ2v) is 4.82. The Kier molecular flexibility index (Phi) is 3.19. The van der Waals surface area contributed by atoms with Crippen LogP contribution in [0.2, 0.25) is 5.02 Å². The second kappa shape index (κ2) is 5.03. The lowest BCUT2D eigenvalue weighted by molar-refractivity contribution is 0.0698. The van der Waals surface area contributed by atoms with E-state index in [-0.39, 0.29) is 17.0 Å². The molecule has 0 atom stereocenters. The summed E-state index contributed by atoms with van der Waals surface area (Å²) in [6.45, 7) is 0. The molecule has 3 rings (SSSR count). The molecule has 2 aromatic heterocycles. The van der Waals surface area contributed by atoms with Crippen LogP contribution in [-0.4, -0.2) is 26.8 Å². The lowest BCUT2D eigenvalue weighted by atomic mass is 10.1. The third-order valence-electron chi connectivity index (χ3n) is 3.11. The average Bonchev–Trinajstić information content (AvgIpc) is 2.90. The van der Waals surface area contributed by atoms with Crippen LogP contribution in [0, 0.1) is 0 Å². The first-order valence-electron chi connectivity index (χ1n) is 6.08. The van der Waals surface area contributed by atoms with E-state index in [1.54, 1.807) is 24.3 Å². The first kappa shape index (κ1) is 13.3. The molecule has 5 nitrogen and oxygen atoms in total. The van der Waals surface area contributed by atoms with Gasteiger partial charge in [-0.15, -0.1) is 0 Å². The molecule has 0 spiro atoms. The van der Waals surface area contributed by atoms with E-state index in [2.05, 4.69) is 9.97 Å². The van der Waals surface area contributed by atoms with Crippen molar-refractivity contribution in [2.24, 2.45) is 0 Å². The number of carbonyl (C=O) groups excluding carboxylic acids is 1. The summed E-state index contributed by atoms with van der Waals surface area (Å²) in [4.78, 5) is 30.5. The molecule has 0 aliphatic rings. The van der Waals surface area contributed by atoms with Crippen molar-refractivity contribution in [3.63, 3.8) is 0 Å². The summed E-state index contributed by atoms with van der Waals surface area (Å²) in [6.07, 6.45) is 1.39. The Balaban J connectivity index is 2.14. The molecular formula is C15H9ClN2O3. The summed E-state index contributed by atoms with van der Waals surface area (Å²) in [7, 11) is 0. The molecule has 0 saturated heterocycles. The minimum Gasteiger partial charge on any atom is -0.478 e. The number of nitrogens with one attached hydrogen (secondary N) is 1. The molecule has 0 fully saturated rings. The van der Waals surface area contributed by atoms with Gasteiger partial charge in [0.05, 0.1) is 27.3 Å². The summed E-state index contributed by atoms with van der Waals surface area (Å²) in [5.74, 6) is -1.39. The maximum Gasteiger partial charge on any atom is 0.337 e. The molecule has 6 heteroatoms. The van der Waals surface area contributed by atoms with E-state index in [4.69, 9.17) is 16.7 Å². The highest BCUT2D eigenvalue weighted by Crippen LogP contribution is 2.22. The fourth-order valence-electron chi connectivity index (χ4n) is 2.12. The number of rotatable bonds is 3. The number of aromatic amines is 1. The third-order valence-corrected chi connectivity index (χ3v) is 3.44. The van der Waals surface area contributed by atoms with Gasteiger partial charge in [0.25, 0.3) is 0 Å². The molecule has 3 aromatic rings. The minimum absolute atomic E-state index is 0.0678. The molecule has 0 aliphatic carbocycles. The van der Waals surface area contributed by atoms with Gasteiger partial charge >= 0.3 is 5.97 Å². The maximum absolute atomic E-state index is 12.4. The number of nitrogens with zero attached hydrogens (tertiary/aromatic N) is 1. The summed E-state index contributed by atoms with van der Waals surface area (Å²) in [5.41, 5.74) is 1.41. The van der Waals surface area contributed by atoms with Gasteiger partial charge < -0.3 is 10.1 Å². The third kappa shape index (κ3) is 2.28.